The van der Waals surface area contributed by atoms with Crippen LogP contribution in [0.3, 0.4) is 0 Å². The highest BCUT2D eigenvalue weighted by atomic mass is 32.1. The number of aliphatic carboxylic acids is 1. The second-order valence-electron chi connectivity index (χ2n) is 6.86. The number of piperidine rings is 1. The zero-order chi connectivity index (χ0) is 17.3. The van der Waals surface area contributed by atoms with Gasteiger partial charge in [-0.25, -0.2) is 4.79 Å². The van der Waals surface area contributed by atoms with E-state index >= 15 is 0 Å². The third-order valence-corrected chi connectivity index (χ3v) is 5.81. The van der Waals surface area contributed by atoms with Crippen molar-refractivity contribution < 1.29 is 19.4 Å². The molecule has 3 heterocycles. The minimum Gasteiger partial charge on any atom is -0.481 e. The summed E-state index contributed by atoms with van der Waals surface area (Å²) in [4.78, 5) is 26.8. The number of likely N-dealkylation sites (tertiary alicyclic amines) is 1. The van der Waals surface area contributed by atoms with Crippen LogP contribution in [0.4, 0.5) is 4.79 Å². The number of nitrogens with zero attached hydrogens (tertiary/aromatic N) is 1. The number of hydrogen-bond donors (Lipinski definition) is 2. The Kier molecular flexibility index (Phi) is 5.10. The Morgan fingerprint density at radius 3 is 3.00 bits per heavy atom. The average molecular weight is 352 g/mol. The van der Waals surface area contributed by atoms with Gasteiger partial charge in [0.15, 0.2) is 0 Å². The summed E-state index contributed by atoms with van der Waals surface area (Å²) in [5.74, 6) is -1.12. The average Bonchev–Trinajstić information content (AvgIpc) is 3.02. The summed E-state index contributed by atoms with van der Waals surface area (Å²) in [6, 6.07) is 1.70. The van der Waals surface area contributed by atoms with E-state index in [9.17, 15) is 14.7 Å². The summed E-state index contributed by atoms with van der Waals surface area (Å²) in [6.45, 7) is 5.46. The lowest BCUT2D eigenvalue weighted by Crippen LogP contribution is -2.52. The molecule has 0 aliphatic carbocycles. The van der Waals surface area contributed by atoms with Crippen molar-refractivity contribution in [1.29, 1.82) is 0 Å². The molecule has 1 aromatic rings. The fourth-order valence-electron chi connectivity index (χ4n) is 3.65. The Morgan fingerprint density at radius 1 is 1.46 bits per heavy atom. The van der Waals surface area contributed by atoms with E-state index in [1.165, 1.54) is 4.88 Å². The molecule has 4 atom stereocenters. The molecule has 0 saturated carbocycles. The molecular weight excluding hydrogens is 328 g/mol. The van der Waals surface area contributed by atoms with Crippen molar-refractivity contribution in [2.75, 3.05) is 19.7 Å². The quantitative estimate of drug-likeness (QED) is 0.876. The van der Waals surface area contributed by atoms with Crippen LogP contribution in [0.2, 0.25) is 0 Å². The molecule has 24 heavy (non-hydrogen) atoms. The molecule has 4 unspecified atom stereocenters. The number of ether oxygens (including phenoxy) is 1. The van der Waals surface area contributed by atoms with Gasteiger partial charge >= 0.3 is 12.0 Å². The van der Waals surface area contributed by atoms with Gasteiger partial charge in [0, 0.05) is 24.4 Å². The minimum absolute atomic E-state index is 0.138. The third kappa shape index (κ3) is 3.57. The van der Waals surface area contributed by atoms with E-state index in [2.05, 4.69) is 16.8 Å². The SMILES string of the molecule is CC1CC(C(=O)O)CN(C(=O)NC(C)C2OCCc3sccc32)C1. The number of fused-ring (bicyclic) bond motifs is 1. The van der Waals surface area contributed by atoms with Gasteiger partial charge in [-0.2, -0.15) is 0 Å². The molecule has 132 valence electrons. The second kappa shape index (κ2) is 7.11. The van der Waals surface area contributed by atoms with Gasteiger partial charge in [-0.1, -0.05) is 6.92 Å². The Morgan fingerprint density at radius 2 is 2.25 bits per heavy atom. The maximum absolute atomic E-state index is 12.6. The van der Waals surface area contributed by atoms with E-state index in [-0.39, 0.29) is 30.6 Å². The number of rotatable bonds is 3. The maximum Gasteiger partial charge on any atom is 0.317 e. The van der Waals surface area contributed by atoms with E-state index in [0.717, 1.165) is 12.0 Å². The predicted molar refractivity (Wildman–Crippen MR) is 91.2 cm³/mol. The lowest BCUT2D eigenvalue weighted by Gasteiger charge is -2.36. The number of hydrogen-bond acceptors (Lipinski definition) is 4. The van der Waals surface area contributed by atoms with Crippen molar-refractivity contribution >= 4 is 23.3 Å². The molecule has 6 nitrogen and oxygen atoms in total. The van der Waals surface area contributed by atoms with E-state index in [1.807, 2.05) is 13.8 Å². The molecule has 1 saturated heterocycles. The van der Waals surface area contributed by atoms with Crippen molar-refractivity contribution in [2.45, 2.75) is 38.8 Å². The van der Waals surface area contributed by atoms with Crippen molar-refractivity contribution in [3.05, 3.63) is 21.9 Å². The first-order chi connectivity index (χ1) is 11.5. The number of carbonyl (C=O) groups excluding carboxylic acids is 1. The van der Waals surface area contributed by atoms with Gasteiger partial charge in [0.25, 0.3) is 0 Å². The van der Waals surface area contributed by atoms with E-state index in [1.54, 1.807) is 16.2 Å². The van der Waals surface area contributed by atoms with Gasteiger partial charge in [-0.15, -0.1) is 11.3 Å². The van der Waals surface area contributed by atoms with Crippen molar-refractivity contribution in [2.24, 2.45) is 11.8 Å². The largest absolute Gasteiger partial charge is 0.481 e. The third-order valence-electron chi connectivity index (χ3n) is 4.81. The van der Waals surface area contributed by atoms with Crippen LogP contribution in [0, 0.1) is 11.8 Å². The van der Waals surface area contributed by atoms with Crippen molar-refractivity contribution in [3.63, 3.8) is 0 Å². The lowest BCUT2D eigenvalue weighted by molar-refractivity contribution is -0.143. The van der Waals surface area contributed by atoms with Gasteiger partial charge in [-0.3, -0.25) is 4.79 Å². The van der Waals surface area contributed by atoms with Crippen LogP contribution in [-0.4, -0.2) is 47.7 Å². The molecule has 2 amide bonds. The van der Waals surface area contributed by atoms with E-state index < -0.39 is 11.9 Å². The van der Waals surface area contributed by atoms with Crippen LogP contribution in [0.5, 0.6) is 0 Å². The normalized spacial score (nSPS) is 28.1. The zero-order valence-corrected chi connectivity index (χ0v) is 14.8. The number of urea groups is 1. The molecule has 0 aromatic carbocycles. The van der Waals surface area contributed by atoms with Gasteiger partial charge in [-0.05, 0) is 36.3 Å². The summed E-state index contributed by atoms with van der Waals surface area (Å²) in [6.07, 6.45) is 1.41. The second-order valence-corrected chi connectivity index (χ2v) is 7.86. The molecule has 7 heteroatoms. The first-order valence-electron chi connectivity index (χ1n) is 8.41. The molecule has 3 rings (SSSR count). The minimum atomic E-state index is -0.828. The molecule has 2 N–H and O–H groups in total. The summed E-state index contributed by atoms with van der Waals surface area (Å²) in [5.41, 5.74) is 1.16. The number of nitrogens with one attached hydrogen (secondary N) is 1. The van der Waals surface area contributed by atoms with Crippen LogP contribution < -0.4 is 5.32 Å². The van der Waals surface area contributed by atoms with Crippen molar-refractivity contribution in [1.82, 2.24) is 10.2 Å². The predicted octanol–water partition coefficient (Wildman–Crippen LogP) is 2.50. The molecule has 2 aliphatic rings. The summed E-state index contributed by atoms with van der Waals surface area (Å²) < 4.78 is 5.87. The topological polar surface area (TPSA) is 78.9 Å². The highest BCUT2D eigenvalue weighted by Crippen LogP contribution is 2.33. The summed E-state index contributed by atoms with van der Waals surface area (Å²) >= 11 is 1.73. The molecule has 0 bridgehead atoms. The number of carboxylic acids is 1. The Labute approximate surface area is 145 Å². The Hall–Kier alpha value is -1.60. The zero-order valence-electron chi connectivity index (χ0n) is 14.0. The highest BCUT2D eigenvalue weighted by Gasteiger charge is 2.34. The van der Waals surface area contributed by atoms with Gasteiger partial charge in [0.05, 0.1) is 18.6 Å². The summed E-state index contributed by atoms with van der Waals surface area (Å²) in [5, 5.41) is 14.3. The van der Waals surface area contributed by atoms with Gasteiger partial charge in [0.1, 0.15) is 6.10 Å². The first-order valence-corrected chi connectivity index (χ1v) is 9.29. The monoisotopic (exact) mass is 352 g/mol. The Bertz CT molecular complexity index is 617. The molecule has 2 aliphatic heterocycles. The maximum atomic E-state index is 12.6. The van der Waals surface area contributed by atoms with Crippen molar-refractivity contribution in [3.8, 4) is 0 Å². The molecule has 1 aromatic heterocycles. The number of carboxylic acid groups (broad SMARTS) is 1. The number of carbonyl (C=O) groups is 2. The molecular formula is C17H24N2O4S. The van der Waals surface area contributed by atoms with Gasteiger partial charge in [0.2, 0.25) is 0 Å². The molecule has 1 fully saturated rings. The van der Waals surface area contributed by atoms with E-state index in [4.69, 9.17) is 4.74 Å². The van der Waals surface area contributed by atoms with Gasteiger partial charge < -0.3 is 20.1 Å². The molecule has 0 spiro atoms. The highest BCUT2D eigenvalue weighted by molar-refractivity contribution is 7.10. The van der Waals surface area contributed by atoms with Crippen LogP contribution in [0.25, 0.3) is 0 Å². The number of amides is 2. The van der Waals surface area contributed by atoms with Crippen LogP contribution in [-0.2, 0) is 16.0 Å². The Balaban J connectivity index is 1.63. The lowest BCUT2D eigenvalue weighted by atomic mass is 9.91. The number of thiophene rings is 1. The standard InChI is InChI=1S/C17H24N2O4S/c1-10-7-12(16(20)21)9-19(8-10)17(22)18-11(2)15-13-4-6-24-14(13)3-5-23-15/h4,6,10-12,15H,3,5,7-9H2,1-2H3,(H,18,22)(H,20,21). The van der Waals surface area contributed by atoms with Crippen LogP contribution in [0.15, 0.2) is 11.4 Å². The van der Waals surface area contributed by atoms with Crippen LogP contribution in [0.1, 0.15) is 36.8 Å². The summed E-state index contributed by atoms with van der Waals surface area (Å²) in [7, 11) is 0. The fraction of sp³-hybridized carbons (Fsp3) is 0.647. The van der Waals surface area contributed by atoms with Crippen LogP contribution >= 0.6 is 11.3 Å². The van der Waals surface area contributed by atoms with E-state index in [0.29, 0.717) is 19.6 Å². The molecule has 0 radical (unpaired) electrons. The first kappa shape index (κ1) is 17.2. The fourth-order valence-corrected chi connectivity index (χ4v) is 4.55. The smallest absolute Gasteiger partial charge is 0.317 e.